The molecule has 1 amide bonds. The summed E-state index contributed by atoms with van der Waals surface area (Å²) in [7, 11) is 0. The molecule has 0 aliphatic rings. The first-order chi connectivity index (χ1) is 9.56. The lowest BCUT2D eigenvalue weighted by molar-refractivity contribution is -0.128. The van der Waals surface area contributed by atoms with Crippen LogP contribution in [-0.2, 0) is 11.3 Å². The Morgan fingerprint density at radius 2 is 2.20 bits per heavy atom. The minimum absolute atomic E-state index is 0.00227. The van der Waals surface area contributed by atoms with Gasteiger partial charge in [-0.15, -0.1) is 11.3 Å². The number of amides is 1. The molecular weight excluding hydrogens is 270 g/mol. The maximum Gasteiger partial charge on any atom is 0.247 e. The second-order valence-corrected chi connectivity index (χ2v) is 6.29. The number of hydrogen-bond donors (Lipinski definition) is 0. The minimum Gasteiger partial charge on any atom is -0.465 e. The average Bonchev–Trinajstić information content (AvgIpc) is 3.04. The van der Waals surface area contributed by atoms with Crippen LogP contribution < -0.4 is 0 Å². The fraction of sp³-hybridized carbons (Fsp3) is 0.312. The maximum atomic E-state index is 12.3. The van der Waals surface area contributed by atoms with Crippen LogP contribution in [0.25, 0.3) is 6.08 Å². The molecule has 4 heteroatoms. The summed E-state index contributed by atoms with van der Waals surface area (Å²) in [5.74, 6) is 0.691. The van der Waals surface area contributed by atoms with E-state index in [4.69, 9.17) is 4.42 Å². The number of carbonyl (C=O) groups is 1. The van der Waals surface area contributed by atoms with Gasteiger partial charge < -0.3 is 9.32 Å². The second-order valence-electron chi connectivity index (χ2n) is 4.92. The highest BCUT2D eigenvalue weighted by Crippen LogP contribution is 2.18. The Hall–Kier alpha value is -1.81. The smallest absolute Gasteiger partial charge is 0.247 e. The molecule has 0 aliphatic carbocycles. The van der Waals surface area contributed by atoms with Gasteiger partial charge in [-0.1, -0.05) is 0 Å². The molecule has 0 saturated heterocycles. The molecule has 0 atom stereocenters. The van der Waals surface area contributed by atoms with E-state index in [1.165, 1.54) is 9.75 Å². The van der Waals surface area contributed by atoms with Crippen molar-refractivity contribution in [1.82, 2.24) is 4.90 Å². The van der Waals surface area contributed by atoms with Gasteiger partial charge in [0.05, 0.1) is 12.8 Å². The Balaban J connectivity index is 2.06. The van der Waals surface area contributed by atoms with Crippen LogP contribution in [0.2, 0.25) is 0 Å². The molecule has 0 spiro atoms. The Bertz CT molecular complexity index is 581. The number of nitrogens with zero attached hydrogens (tertiary/aromatic N) is 1. The fourth-order valence-corrected chi connectivity index (χ4v) is 2.78. The summed E-state index contributed by atoms with van der Waals surface area (Å²) in [6.07, 6.45) is 4.87. The second kappa shape index (κ2) is 6.57. The van der Waals surface area contributed by atoms with E-state index in [1.807, 2.05) is 24.8 Å². The van der Waals surface area contributed by atoms with Crippen molar-refractivity contribution in [1.29, 1.82) is 0 Å². The first-order valence-corrected chi connectivity index (χ1v) is 7.45. The quantitative estimate of drug-likeness (QED) is 0.776. The van der Waals surface area contributed by atoms with Gasteiger partial charge in [0, 0.05) is 21.9 Å². The van der Waals surface area contributed by atoms with Gasteiger partial charge in [-0.05, 0) is 51.1 Å². The van der Waals surface area contributed by atoms with Crippen LogP contribution >= 0.6 is 11.3 Å². The van der Waals surface area contributed by atoms with Crippen molar-refractivity contribution < 1.29 is 9.21 Å². The largest absolute Gasteiger partial charge is 0.465 e. The highest BCUT2D eigenvalue weighted by molar-refractivity contribution is 7.11. The number of furan rings is 1. The third kappa shape index (κ3) is 3.84. The number of hydrogen-bond acceptors (Lipinski definition) is 3. The first kappa shape index (κ1) is 14.6. The standard InChI is InChI=1S/C16H19NO2S/c1-12(2)17(11-15-8-6-13(3)20-15)16(18)9-7-14-5-4-10-19-14/h4-10,12H,11H2,1-3H3/b9-7+. The summed E-state index contributed by atoms with van der Waals surface area (Å²) < 4.78 is 5.19. The lowest BCUT2D eigenvalue weighted by Crippen LogP contribution is -2.34. The van der Waals surface area contributed by atoms with Crippen molar-refractivity contribution in [2.24, 2.45) is 0 Å². The van der Waals surface area contributed by atoms with Gasteiger partial charge >= 0.3 is 0 Å². The molecule has 0 unspecified atom stereocenters. The molecule has 0 aromatic carbocycles. The van der Waals surface area contributed by atoms with Crippen molar-refractivity contribution in [2.75, 3.05) is 0 Å². The van der Waals surface area contributed by atoms with Gasteiger partial charge in [-0.2, -0.15) is 0 Å². The minimum atomic E-state index is 0.00227. The zero-order valence-corrected chi connectivity index (χ0v) is 12.8. The lowest BCUT2D eigenvalue weighted by Gasteiger charge is -2.24. The summed E-state index contributed by atoms with van der Waals surface area (Å²) in [5, 5.41) is 0. The van der Waals surface area contributed by atoms with Crippen LogP contribution in [0.1, 0.15) is 29.4 Å². The van der Waals surface area contributed by atoms with E-state index in [2.05, 4.69) is 19.1 Å². The van der Waals surface area contributed by atoms with Gasteiger partial charge in [0.15, 0.2) is 0 Å². The van der Waals surface area contributed by atoms with Crippen molar-refractivity contribution in [2.45, 2.75) is 33.4 Å². The van der Waals surface area contributed by atoms with Crippen molar-refractivity contribution in [3.63, 3.8) is 0 Å². The molecule has 0 N–H and O–H groups in total. The summed E-state index contributed by atoms with van der Waals surface area (Å²) >= 11 is 1.73. The molecule has 0 aliphatic heterocycles. The van der Waals surface area contributed by atoms with Gasteiger partial charge in [0.25, 0.3) is 0 Å². The van der Waals surface area contributed by atoms with Crippen LogP contribution in [0.5, 0.6) is 0 Å². The average molecular weight is 289 g/mol. The molecule has 106 valence electrons. The van der Waals surface area contributed by atoms with Crippen LogP contribution in [0.3, 0.4) is 0 Å². The number of carbonyl (C=O) groups excluding carboxylic acids is 1. The number of rotatable bonds is 5. The maximum absolute atomic E-state index is 12.3. The predicted molar refractivity (Wildman–Crippen MR) is 82.5 cm³/mol. The molecule has 2 aromatic rings. The summed E-state index contributed by atoms with van der Waals surface area (Å²) in [4.78, 5) is 16.6. The topological polar surface area (TPSA) is 33.5 Å². The van der Waals surface area contributed by atoms with E-state index in [0.717, 1.165) is 0 Å². The molecule has 2 heterocycles. The SMILES string of the molecule is Cc1ccc(CN(C(=O)/C=C/c2ccco2)C(C)C)s1. The molecule has 3 nitrogen and oxygen atoms in total. The van der Waals surface area contributed by atoms with Gasteiger partial charge in [0.1, 0.15) is 5.76 Å². The third-order valence-electron chi connectivity index (χ3n) is 2.96. The Morgan fingerprint density at radius 3 is 2.75 bits per heavy atom. The lowest BCUT2D eigenvalue weighted by atomic mass is 10.2. The zero-order chi connectivity index (χ0) is 14.5. The number of aryl methyl sites for hydroxylation is 1. The zero-order valence-electron chi connectivity index (χ0n) is 12.0. The molecule has 0 fully saturated rings. The van der Waals surface area contributed by atoms with E-state index in [0.29, 0.717) is 12.3 Å². The highest BCUT2D eigenvalue weighted by atomic mass is 32.1. The molecule has 0 saturated carbocycles. The molecule has 20 heavy (non-hydrogen) atoms. The molecule has 0 radical (unpaired) electrons. The van der Waals surface area contributed by atoms with Gasteiger partial charge in [0.2, 0.25) is 5.91 Å². The van der Waals surface area contributed by atoms with Crippen LogP contribution in [0.15, 0.2) is 41.0 Å². The van der Waals surface area contributed by atoms with Crippen LogP contribution in [0, 0.1) is 6.92 Å². The summed E-state index contributed by atoms with van der Waals surface area (Å²) in [6, 6.07) is 7.96. The van der Waals surface area contributed by atoms with Crippen molar-refractivity contribution in [3.8, 4) is 0 Å². The molecule has 2 rings (SSSR count). The van der Waals surface area contributed by atoms with Gasteiger partial charge in [-0.25, -0.2) is 0 Å². The van der Waals surface area contributed by atoms with Crippen molar-refractivity contribution >= 4 is 23.3 Å². The summed E-state index contributed by atoms with van der Waals surface area (Å²) in [5.41, 5.74) is 0. The molecular formula is C16H19NO2S. The molecule has 2 aromatic heterocycles. The third-order valence-corrected chi connectivity index (χ3v) is 3.95. The number of thiophene rings is 1. The Morgan fingerprint density at radius 1 is 1.40 bits per heavy atom. The van der Waals surface area contributed by atoms with E-state index in [1.54, 1.807) is 35.8 Å². The highest BCUT2D eigenvalue weighted by Gasteiger charge is 2.15. The van der Waals surface area contributed by atoms with E-state index < -0.39 is 0 Å². The van der Waals surface area contributed by atoms with E-state index >= 15 is 0 Å². The first-order valence-electron chi connectivity index (χ1n) is 6.64. The van der Waals surface area contributed by atoms with E-state index in [9.17, 15) is 4.79 Å². The normalized spacial score (nSPS) is 11.4. The van der Waals surface area contributed by atoms with E-state index in [-0.39, 0.29) is 11.9 Å². The fourth-order valence-electron chi connectivity index (χ4n) is 1.89. The Labute approximate surface area is 123 Å². The Kier molecular flexibility index (Phi) is 4.79. The van der Waals surface area contributed by atoms with Gasteiger partial charge in [-0.3, -0.25) is 4.79 Å². The predicted octanol–water partition coefficient (Wildman–Crippen LogP) is 4.10. The van der Waals surface area contributed by atoms with Crippen LogP contribution in [0.4, 0.5) is 0 Å². The summed E-state index contributed by atoms with van der Waals surface area (Å²) in [6.45, 7) is 6.78. The monoisotopic (exact) mass is 289 g/mol. The van der Waals surface area contributed by atoms with Crippen LogP contribution in [-0.4, -0.2) is 16.8 Å². The molecule has 0 bridgehead atoms. The van der Waals surface area contributed by atoms with Crippen molar-refractivity contribution in [3.05, 3.63) is 52.1 Å².